The molecule has 1 heterocycles. The quantitative estimate of drug-likeness (QED) is 0.774. The molecule has 1 aromatic carbocycles. The van der Waals surface area contributed by atoms with E-state index in [1.54, 1.807) is 19.2 Å². The predicted molar refractivity (Wildman–Crippen MR) is 70.4 cm³/mol. The molecule has 2 rings (SSSR count). The minimum Gasteiger partial charge on any atom is -0.461 e. The van der Waals surface area contributed by atoms with E-state index in [-0.39, 0.29) is 5.97 Å². The van der Waals surface area contributed by atoms with Crippen molar-refractivity contribution < 1.29 is 9.53 Å². The third kappa shape index (κ3) is 2.74. The van der Waals surface area contributed by atoms with Gasteiger partial charge >= 0.3 is 5.97 Å². The summed E-state index contributed by atoms with van der Waals surface area (Å²) in [4.78, 5) is 15.6. The van der Waals surface area contributed by atoms with Crippen molar-refractivity contribution in [1.82, 2.24) is 4.98 Å². The average Bonchev–Trinajstić information content (AvgIpc) is 2.39. The van der Waals surface area contributed by atoms with E-state index >= 15 is 0 Å². The number of ether oxygens (including phenoxy) is 1. The maximum atomic E-state index is 11.5. The number of nitrogens with zero attached hydrogens (tertiary/aromatic N) is 1. The van der Waals surface area contributed by atoms with Gasteiger partial charge in [0.25, 0.3) is 0 Å². The van der Waals surface area contributed by atoms with E-state index in [4.69, 9.17) is 4.74 Å². The lowest BCUT2D eigenvalue weighted by molar-refractivity contribution is 0.0519. The second kappa shape index (κ2) is 5.45. The molecule has 0 atom stereocenters. The molecule has 2 aromatic rings. The molecule has 0 saturated carbocycles. The molecular weight excluding hydrogens is 226 g/mol. The first-order valence-electron chi connectivity index (χ1n) is 5.91. The molecule has 92 valence electrons. The molecule has 0 fully saturated rings. The van der Waals surface area contributed by atoms with Crippen LogP contribution in [0, 0.1) is 6.92 Å². The minimum atomic E-state index is -0.381. The summed E-state index contributed by atoms with van der Waals surface area (Å²) in [6.45, 7) is 4.18. The largest absolute Gasteiger partial charge is 0.461 e. The van der Waals surface area contributed by atoms with Gasteiger partial charge in [0.05, 0.1) is 6.61 Å². The number of aromatic nitrogens is 1. The van der Waals surface area contributed by atoms with Crippen LogP contribution in [0.5, 0.6) is 0 Å². The molecule has 18 heavy (non-hydrogen) atoms. The normalized spacial score (nSPS) is 10.1. The smallest absolute Gasteiger partial charge is 0.356 e. The average molecular weight is 241 g/mol. The Kier molecular flexibility index (Phi) is 3.72. The number of aryl methyl sites for hydroxylation is 1. The zero-order valence-electron chi connectivity index (χ0n) is 10.5. The van der Waals surface area contributed by atoms with Crippen LogP contribution in [0.2, 0.25) is 0 Å². The van der Waals surface area contributed by atoms with Crippen molar-refractivity contribution in [3.63, 3.8) is 0 Å². The fourth-order valence-electron chi connectivity index (χ4n) is 1.72. The van der Waals surface area contributed by atoms with E-state index in [1.165, 1.54) is 5.56 Å². The summed E-state index contributed by atoms with van der Waals surface area (Å²) in [6.07, 6.45) is 1.70. The fourth-order valence-corrected chi connectivity index (χ4v) is 1.72. The van der Waals surface area contributed by atoms with Gasteiger partial charge in [-0.15, -0.1) is 0 Å². The fraction of sp³-hybridized carbons (Fsp3) is 0.200. The zero-order valence-corrected chi connectivity index (χ0v) is 10.5. The van der Waals surface area contributed by atoms with Gasteiger partial charge in [-0.1, -0.05) is 35.9 Å². The molecule has 0 aliphatic carbocycles. The predicted octanol–water partition coefficient (Wildman–Crippen LogP) is 3.23. The summed E-state index contributed by atoms with van der Waals surface area (Å²) in [6, 6.07) is 11.7. The van der Waals surface area contributed by atoms with Gasteiger partial charge in [0, 0.05) is 11.8 Å². The highest BCUT2D eigenvalue weighted by Crippen LogP contribution is 2.19. The second-order valence-electron chi connectivity index (χ2n) is 4.02. The molecule has 0 aliphatic rings. The van der Waals surface area contributed by atoms with Crippen LogP contribution < -0.4 is 0 Å². The van der Waals surface area contributed by atoms with Gasteiger partial charge in [-0.05, 0) is 25.5 Å². The number of hydrogen-bond donors (Lipinski definition) is 0. The molecule has 3 heteroatoms. The summed E-state index contributed by atoms with van der Waals surface area (Å²) in [5.74, 6) is -0.381. The summed E-state index contributed by atoms with van der Waals surface area (Å²) in [5, 5.41) is 0. The highest BCUT2D eigenvalue weighted by molar-refractivity contribution is 5.87. The molecule has 0 N–H and O–H groups in total. The molecule has 0 aliphatic heterocycles. The molecule has 0 radical (unpaired) electrons. The molecule has 0 unspecified atom stereocenters. The van der Waals surface area contributed by atoms with Crippen LogP contribution >= 0.6 is 0 Å². The Morgan fingerprint density at radius 3 is 2.67 bits per heavy atom. The second-order valence-corrected chi connectivity index (χ2v) is 4.02. The monoisotopic (exact) mass is 241 g/mol. The number of benzene rings is 1. The summed E-state index contributed by atoms with van der Waals surface area (Å²) < 4.78 is 4.89. The van der Waals surface area contributed by atoms with Crippen LogP contribution in [0.4, 0.5) is 0 Å². The zero-order chi connectivity index (χ0) is 13.0. The maximum Gasteiger partial charge on any atom is 0.356 e. The Hall–Kier alpha value is -2.16. The van der Waals surface area contributed by atoms with E-state index in [0.29, 0.717) is 12.3 Å². The van der Waals surface area contributed by atoms with Crippen molar-refractivity contribution >= 4 is 5.97 Å². The third-order valence-electron chi connectivity index (χ3n) is 2.60. The lowest BCUT2D eigenvalue weighted by Gasteiger charge is -2.04. The lowest BCUT2D eigenvalue weighted by atomic mass is 10.1. The first-order chi connectivity index (χ1) is 8.70. The van der Waals surface area contributed by atoms with Gasteiger partial charge in [-0.2, -0.15) is 0 Å². The van der Waals surface area contributed by atoms with E-state index in [9.17, 15) is 4.79 Å². The Balaban J connectivity index is 2.25. The molecule has 0 bridgehead atoms. The molecule has 0 amide bonds. The number of pyridine rings is 1. The van der Waals surface area contributed by atoms with Gasteiger partial charge in [0.1, 0.15) is 5.69 Å². The Bertz CT molecular complexity index is 547. The van der Waals surface area contributed by atoms with E-state index in [1.807, 2.05) is 31.2 Å². The van der Waals surface area contributed by atoms with Crippen molar-refractivity contribution in [3.05, 3.63) is 53.9 Å². The third-order valence-corrected chi connectivity index (χ3v) is 2.60. The SMILES string of the molecule is CCOC(=O)c1ccc(-c2cccc(C)c2)cn1. The lowest BCUT2D eigenvalue weighted by Crippen LogP contribution is -2.06. The highest BCUT2D eigenvalue weighted by atomic mass is 16.5. The topological polar surface area (TPSA) is 39.2 Å². The van der Waals surface area contributed by atoms with Crippen LogP contribution in [0.15, 0.2) is 42.6 Å². The van der Waals surface area contributed by atoms with Crippen LogP contribution in [0.1, 0.15) is 23.0 Å². The maximum absolute atomic E-state index is 11.5. The molecule has 3 nitrogen and oxygen atoms in total. The number of hydrogen-bond acceptors (Lipinski definition) is 3. The first-order valence-corrected chi connectivity index (χ1v) is 5.91. The van der Waals surface area contributed by atoms with Crippen molar-refractivity contribution in [1.29, 1.82) is 0 Å². The molecule has 0 spiro atoms. The van der Waals surface area contributed by atoms with Gasteiger partial charge < -0.3 is 4.74 Å². The standard InChI is InChI=1S/C15H15NO2/c1-3-18-15(17)14-8-7-13(10-16-14)12-6-4-5-11(2)9-12/h4-10H,3H2,1-2H3. The van der Waals surface area contributed by atoms with Gasteiger partial charge in [-0.25, -0.2) is 9.78 Å². The van der Waals surface area contributed by atoms with Gasteiger partial charge in [-0.3, -0.25) is 0 Å². The summed E-state index contributed by atoms with van der Waals surface area (Å²) >= 11 is 0. The minimum absolute atomic E-state index is 0.341. The van der Waals surface area contributed by atoms with E-state index in [0.717, 1.165) is 11.1 Å². The summed E-state index contributed by atoms with van der Waals surface area (Å²) in [5.41, 5.74) is 3.62. The highest BCUT2D eigenvalue weighted by Gasteiger charge is 2.07. The number of carbonyl (C=O) groups excluding carboxylic acids is 1. The Morgan fingerprint density at radius 2 is 2.06 bits per heavy atom. The van der Waals surface area contributed by atoms with E-state index in [2.05, 4.69) is 11.1 Å². The van der Waals surface area contributed by atoms with Crippen LogP contribution in [-0.2, 0) is 4.74 Å². The molecule has 0 saturated heterocycles. The van der Waals surface area contributed by atoms with Crippen LogP contribution in [0.3, 0.4) is 0 Å². The number of esters is 1. The van der Waals surface area contributed by atoms with E-state index < -0.39 is 0 Å². The molecule has 1 aromatic heterocycles. The van der Waals surface area contributed by atoms with Crippen molar-refractivity contribution in [2.45, 2.75) is 13.8 Å². The number of rotatable bonds is 3. The van der Waals surface area contributed by atoms with Gasteiger partial charge in [0.15, 0.2) is 0 Å². The summed E-state index contributed by atoms with van der Waals surface area (Å²) in [7, 11) is 0. The van der Waals surface area contributed by atoms with Gasteiger partial charge in [0.2, 0.25) is 0 Å². The molecular formula is C15H15NO2. The van der Waals surface area contributed by atoms with Crippen molar-refractivity contribution in [3.8, 4) is 11.1 Å². The Labute approximate surface area is 106 Å². The van der Waals surface area contributed by atoms with Crippen LogP contribution in [0.25, 0.3) is 11.1 Å². The van der Waals surface area contributed by atoms with Crippen molar-refractivity contribution in [2.75, 3.05) is 6.61 Å². The van der Waals surface area contributed by atoms with Crippen LogP contribution in [-0.4, -0.2) is 17.6 Å². The van der Waals surface area contributed by atoms with Crippen molar-refractivity contribution in [2.24, 2.45) is 0 Å². The number of carbonyl (C=O) groups is 1. The Morgan fingerprint density at radius 1 is 1.22 bits per heavy atom. The first kappa shape index (κ1) is 12.3.